The molecule has 0 radical (unpaired) electrons. The summed E-state index contributed by atoms with van der Waals surface area (Å²) in [5, 5.41) is 2.82. The van der Waals surface area contributed by atoms with E-state index < -0.39 is 0 Å². The number of rotatable bonds is 7. The molecule has 0 atom stereocenters. The van der Waals surface area contributed by atoms with Crippen molar-refractivity contribution in [1.82, 2.24) is 20.0 Å². The molecule has 0 saturated carbocycles. The zero-order chi connectivity index (χ0) is 20.1. The number of hydrogen-bond donors (Lipinski definition) is 1. The third-order valence-electron chi connectivity index (χ3n) is 5.58. The Bertz CT molecular complexity index is 699. The van der Waals surface area contributed by atoms with Crippen LogP contribution in [0.4, 0.5) is 4.79 Å². The Morgan fingerprint density at radius 3 is 2.50 bits per heavy atom. The maximum absolute atomic E-state index is 12.5. The Morgan fingerprint density at radius 1 is 1.14 bits per heavy atom. The zero-order valence-electron chi connectivity index (χ0n) is 17.2. The largest absolute Gasteiger partial charge is 0.484 e. The number of amides is 3. The Kier molecular flexibility index (Phi) is 6.78. The first-order valence-electron chi connectivity index (χ1n) is 10.2. The van der Waals surface area contributed by atoms with E-state index in [2.05, 4.69) is 37.1 Å². The number of benzene rings is 1. The van der Waals surface area contributed by atoms with Crippen molar-refractivity contribution in [3.8, 4) is 5.75 Å². The third kappa shape index (κ3) is 5.16. The summed E-state index contributed by atoms with van der Waals surface area (Å²) in [6, 6.07) is 6.07. The van der Waals surface area contributed by atoms with Gasteiger partial charge in [0.15, 0.2) is 6.61 Å². The summed E-state index contributed by atoms with van der Waals surface area (Å²) in [6.07, 6.45) is 0. The van der Waals surface area contributed by atoms with Crippen molar-refractivity contribution in [2.75, 3.05) is 59.0 Å². The molecule has 3 amide bonds. The van der Waals surface area contributed by atoms with Crippen molar-refractivity contribution in [2.45, 2.75) is 26.7 Å². The zero-order valence-corrected chi connectivity index (χ0v) is 17.2. The van der Waals surface area contributed by atoms with Crippen LogP contribution in [-0.2, 0) is 4.79 Å². The summed E-state index contributed by atoms with van der Waals surface area (Å²) in [5.41, 5.74) is 2.50. The van der Waals surface area contributed by atoms with E-state index >= 15 is 0 Å². The van der Waals surface area contributed by atoms with Gasteiger partial charge < -0.3 is 19.9 Å². The van der Waals surface area contributed by atoms with Gasteiger partial charge >= 0.3 is 6.03 Å². The minimum absolute atomic E-state index is 0.0302. The van der Waals surface area contributed by atoms with Crippen molar-refractivity contribution < 1.29 is 14.3 Å². The SMILES string of the molecule is Cc1cc(OCC(=O)N2CCN(CCN3CCNC3=O)CC2)ccc1C(C)C. The fourth-order valence-electron chi connectivity index (χ4n) is 3.83. The molecule has 2 heterocycles. The van der Waals surface area contributed by atoms with Crippen LogP contribution in [0.1, 0.15) is 30.9 Å². The standard InChI is InChI=1S/C21H32N4O3/c1-16(2)19-5-4-18(14-17(19)3)28-15-20(26)24-11-8-23(9-12-24)10-13-25-7-6-22-21(25)27/h4-5,14,16H,6-13,15H2,1-3H3,(H,22,27). The van der Waals surface area contributed by atoms with E-state index in [4.69, 9.17) is 4.74 Å². The molecule has 1 aromatic rings. The second-order valence-electron chi connectivity index (χ2n) is 7.90. The van der Waals surface area contributed by atoms with Crippen molar-refractivity contribution >= 4 is 11.9 Å². The maximum Gasteiger partial charge on any atom is 0.317 e. The lowest BCUT2D eigenvalue weighted by Crippen LogP contribution is -2.51. The molecule has 28 heavy (non-hydrogen) atoms. The van der Waals surface area contributed by atoms with Crippen molar-refractivity contribution in [3.63, 3.8) is 0 Å². The van der Waals surface area contributed by atoms with Crippen molar-refractivity contribution in [2.24, 2.45) is 0 Å². The molecule has 2 aliphatic rings. The number of piperazine rings is 1. The number of ether oxygens (including phenoxy) is 1. The van der Waals surface area contributed by atoms with Gasteiger partial charge in [-0.15, -0.1) is 0 Å². The second-order valence-corrected chi connectivity index (χ2v) is 7.90. The molecular weight excluding hydrogens is 356 g/mol. The molecule has 0 aromatic heterocycles. The maximum atomic E-state index is 12.5. The monoisotopic (exact) mass is 388 g/mol. The molecule has 2 aliphatic heterocycles. The lowest BCUT2D eigenvalue weighted by atomic mass is 9.98. The van der Waals surface area contributed by atoms with Gasteiger partial charge in [-0.25, -0.2) is 4.79 Å². The molecule has 7 heteroatoms. The summed E-state index contributed by atoms with van der Waals surface area (Å²) in [6.45, 7) is 12.7. The molecule has 1 N–H and O–H groups in total. The lowest BCUT2D eigenvalue weighted by molar-refractivity contribution is -0.135. The van der Waals surface area contributed by atoms with Gasteiger partial charge in [0.1, 0.15) is 5.75 Å². The number of urea groups is 1. The highest BCUT2D eigenvalue weighted by molar-refractivity contribution is 5.78. The molecule has 154 valence electrons. The molecule has 3 rings (SSSR count). The fourth-order valence-corrected chi connectivity index (χ4v) is 3.83. The molecule has 0 spiro atoms. The molecule has 2 saturated heterocycles. The van der Waals surface area contributed by atoms with Crippen LogP contribution in [0.3, 0.4) is 0 Å². The summed E-state index contributed by atoms with van der Waals surface area (Å²) in [4.78, 5) is 30.1. The van der Waals surface area contributed by atoms with Gasteiger partial charge in [-0.1, -0.05) is 19.9 Å². The summed E-state index contributed by atoms with van der Waals surface area (Å²) >= 11 is 0. The van der Waals surface area contributed by atoms with E-state index in [0.717, 1.165) is 45.0 Å². The average Bonchev–Trinajstić information content (AvgIpc) is 3.09. The van der Waals surface area contributed by atoms with Gasteiger partial charge in [-0.3, -0.25) is 9.69 Å². The summed E-state index contributed by atoms with van der Waals surface area (Å²) < 4.78 is 5.73. The van der Waals surface area contributed by atoms with Gasteiger partial charge in [0.05, 0.1) is 0 Å². The highest BCUT2D eigenvalue weighted by Crippen LogP contribution is 2.23. The first kappa shape index (κ1) is 20.5. The molecule has 0 bridgehead atoms. The van der Waals surface area contributed by atoms with Gasteiger partial charge in [0.25, 0.3) is 5.91 Å². The van der Waals surface area contributed by atoms with Crippen LogP contribution in [0.5, 0.6) is 5.75 Å². The number of nitrogens with zero attached hydrogens (tertiary/aromatic N) is 3. The Hall–Kier alpha value is -2.28. The van der Waals surface area contributed by atoms with Crippen molar-refractivity contribution in [3.05, 3.63) is 29.3 Å². The predicted molar refractivity (Wildman–Crippen MR) is 109 cm³/mol. The highest BCUT2D eigenvalue weighted by atomic mass is 16.5. The van der Waals surface area contributed by atoms with E-state index in [9.17, 15) is 9.59 Å². The van der Waals surface area contributed by atoms with Gasteiger partial charge in [-0.2, -0.15) is 0 Å². The first-order chi connectivity index (χ1) is 13.4. The fraction of sp³-hybridized carbons (Fsp3) is 0.619. The van der Waals surface area contributed by atoms with Gasteiger partial charge in [0, 0.05) is 52.4 Å². The molecule has 2 fully saturated rings. The van der Waals surface area contributed by atoms with E-state index in [1.165, 1.54) is 11.1 Å². The highest BCUT2D eigenvalue weighted by Gasteiger charge is 2.24. The van der Waals surface area contributed by atoms with Gasteiger partial charge in [-0.05, 0) is 36.1 Å². The average molecular weight is 389 g/mol. The topological polar surface area (TPSA) is 65.1 Å². The van der Waals surface area contributed by atoms with Crippen LogP contribution in [0, 0.1) is 6.92 Å². The first-order valence-corrected chi connectivity index (χ1v) is 10.2. The van der Waals surface area contributed by atoms with Crippen LogP contribution in [0.15, 0.2) is 18.2 Å². The minimum atomic E-state index is 0.0302. The van der Waals surface area contributed by atoms with E-state index in [1.807, 2.05) is 21.9 Å². The number of carbonyl (C=O) groups excluding carboxylic acids is 2. The molecule has 7 nitrogen and oxygen atoms in total. The van der Waals surface area contributed by atoms with Gasteiger partial charge in [0.2, 0.25) is 0 Å². The van der Waals surface area contributed by atoms with E-state index in [-0.39, 0.29) is 18.5 Å². The van der Waals surface area contributed by atoms with Crippen molar-refractivity contribution in [1.29, 1.82) is 0 Å². The normalized spacial score (nSPS) is 17.9. The Morgan fingerprint density at radius 2 is 1.89 bits per heavy atom. The van der Waals surface area contributed by atoms with Crippen LogP contribution >= 0.6 is 0 Å². The smallest absolute Gasteiger partial charge is 0.317 e. The van der Waals surface area contributed by atoms with Crippen LogP contribution in [0.25, 0.3) is 0 Å². The Labute approximate surface area is 167 Å². The number of carbonyl (C=O) groups is 2. The minimum Gasteiger partial charge on any atom is -0.484 e. The van der Waals surface area contributed by atoms with Crippen LogP contribution < -0.4 is 10.1 Å². The predicted octanol–water partition coefficient (Wildman–Crippen LogP) is 1.67. The van der Waals surface area contributed by atoms with E-state index in [1.54, 1.807) is 0 Å². The second kappa shape index (κ2) is 9.28. The number of hydrogen-bond acceptors (Lipinski definition) is 4. The van der Waals surface area contributed by atoms with Crippen LogP contribution in [-0.4, -0.2) is 85.6 Å². The summed E-state index contributed by atoms with van der Waals surface area (Å²) in [5.74, 6) is 1.26. The molecule has 0 unspecified atom stereocenters. The summed E-state index contributed by atoms with van der Waals surface area (Å²) in [7, 11) is 0. The number of nitrogens with one attached hydrogen (secondary N) is 1. The van der Waals surface area contributed by atoms with Crippen LogP contribution in [0.2, 0.25) is 0 Å². The quantitative estimate of drug-likeness (QED) is 0.772. The van der Waals surface area contributed by atoms with E-state index in [0.29, 0.717) is 19.0 Å². The Balaban J connectivity index is 1.39. The number of aryl methyl sites for hydroxylation is 1. The molecular formula is C21H32N4O3. The molecule has 1 aromatic carbocycles. The molecule has 0 aliphatic carbocycles. The third-order valence-corrected chi connectivity index (χ3v) is 5.58. The lowest BCUT2D eigenvalue weighted by Gasteiger charge is -2.35.